The topological polar surface area (TPSA) is 137 Å². The van der Waals surface area contributed by atoms with Gasteiger partial charge in [-0.05, 0) is 66.2 Å². The maximum absolute atomic E-state index is 14.7. The summed E-state index contributed by atoms with van der Waals surface area (Å²) in [5.41, 5.74) is 7.60. The third kappa shape index (κ3) is 5.73. The standard InChI is InChI=1S/C26H21FN4O5/c27-21-13-16(14-22(25(33)34)30-24(32)17-2-6-19(28)7-3-17)1-10-23(21)36-26(35)18-4-8-20(9-5-18)31-12-11-29-15-31/h1-13,15,22H,14,28H2,(H,30,32)(H,33,34). The number of nitrogen functional groups attached to an aromatic ring is 1. The molecular weight excluding hydrogens is 467 g/mol. The number of anilines is 1. The molecule has 3 aromatic carbocycles. The van der Waals surface area contributed by atoms with E-state index in [1.165, 1.54) is 36.4 Å². The Morgan fingerprint density at radius 2 is 1.72 bits per heavy atom. The molecule has 36 heavy (non-hydrogen) atoms. The summed E-state index contributed by atoms with van der Waals surface area (Å²) in [5, 5.41) is 11.9. The van der Waals surface area contributed by atoms with Gasteiger partial charge in [0.15, 0.2) is 11.6 Å². The van der Waals surface area contributed by atoms with Crippen LogP contribution in [0.2, 0.25) is 0 Å². The number of carboxylic acids is 1. The van der Waals surface area contributed by atoms with Crippen LogP contribution >= 0.6 is 0 Å². The van der Waals surface area contributed by atoms with Gasteiger partial charge in [-0.1, -0.05) is 6.07 Å². The number of aromatic nitrogens is 2. The van der Waals surface area contributed by atoms with Gasteiger partial charge in [0.25, 0.3) is 5.91 Å². The summed E-state index contributed by atoms with van der Waals surface area (Å²) in [7, 11) is 0. The number of amides is 1. The average Bonchev–Trinajstić information content (AvgIpc) is 3.41. The van der Waals surface area contributed by atoms with Crippen LogP contribution in [0.4, 0.5) is 10.1 Å². The zero-order valence-corrected chi connectivity index (χ0v) is 18.8. The summed E-state index contributed by atoms with van der Waals surface area (Å²) < 4.78 is 21.6. The number of rotatable bonds is 8. The molecule has 4 aromatic rings. The van der Waals surface area contributed by atoms with Crippen LogP contribution in [0.1, 0.15) is 26.3 Å². The number of esters is 1. The molecule has 0 radical (unpaired) electrons. The molecule has 1 aromatic heterocycles. The minimum atomic E-state index is -1.31. The largest absolute Gasteiger partial charge is 0.480 e. The third-order valence-electron chi connectivity index (χ3n) is 5.32. The van der Waals surface area contributed by atoms with Crippen LogP contribution in [0.15, 0.2) is 85.5 Å². The SMILES string of the molecule is Nc1ccc(C(=O)NC(Cc2ccc(OC(=O)c3ccc(-n4ccnc4)cc3)c(F)c2)C(=O)O)cc1. The molecule has 0 aliphatic heterocycles. The highest BCUT2D eigenvalue weighted by molar-refractivity contribution is 5.97. The number of aliphatic carboxylic acids is 1. The lowest BCUT2D eigenvalue weighted by Crippen LogP contribution is -2.42. The first-order valence-electron chi connectivity index (χ1n) is 10.8. The fourth-order valence-electron chi connectivity index (χ4n) is 3.41. The summed E-state index contributed by atoms with van der Waals surface area (Å²) in [6.45, 7) is 0. The first kappa shape index (κ1) is 24.1. The Hall–Kier alpha value is -4.99. The molecule has 9 nitrogen and oxygen atoms in total. The van der Waals surface area contributed by atoms with Crippen molar-refractivity contribution < 1.29 is 28.6 Å². The van der Waals surface area contributed by atoms with E-state index >= 15 is 0 Å². The maximum atomic E-state index is 14.7. The van der Waals surface area contributed by atoms with E-state index in [0.29, 0.717) is 11.3 Å². The van der Waals surface area contributed by atoms with Gasteiger partial charge in [0.2, 0.25) is 0 Å². The molecule has 0 spiro atoms. The monoisotopic (exact) mass is 488 g/mol. The number of hydrogen-bond acceptors (Lipinski definition) is 6. The fraction of sp³-hybridized carbons (Fsp3) is 0.0769. The number of nitrogens with one attached hydrogen (secondary N) is 1. The molecule has 1 atom stereocenters. The number of nitrogens with zero attached hydrogens (tertiary/aromatic N) is 2. The number of carbonyl (C=O) groups is 3. The van der Waals surface area contributed by atoms with E-state index in [9.17, 15) is 23.9 Å². The number of hydrogen-bond donors (Lipinski definition) is 3. The van der Waals surface area contributed by atoms with Crippen molar-refractivity contribution in [1.29, 1.82) is 0 Å². The molecule has 4 rings (SSSR count). The lowest BCUT2D eigenvalue weighted by Gasteiger charge is -2.15. The van der Waals surface area contributed by atoms with Crippen LogP contribution in [0.5, 0.6) is 5.75 Å². The molecule has 1 amide bonds. The van der Waals surface area contributed by atoms with Crippen molar-refractivity contribution in [1.82, 2.24) is 14.9 Å². The Morgan fingerprint density at radius 3 is 2.33 bits per heavy atom. The van der Waals surface area contributed by atoms with Crippen LogP contribution in [0.25, 0.3) is 5.69 Å². The molecule has 0 fully saturated rings. The highest BCUT2D eigenvalue weighted by Crippen LogP contribution is 2.21. The Bertz CT molecular complexity index is 1390. The van der Waals surface area contributed by atoms with Crippen LogP contribution in [0, 0.1) is 5.82 Å². The molecule has 1 heterocycles. The second-order valence-electron chi connectivity index (χ2n) is 7.86. The van der Waals surface area contributed by atoms with Gasteiger partial charge in [0.05, 0.1) is 11.9 Å². The molecule has 0 saturated heterocycles. The smallest absolute Gasteiger partial charge is 0.343 e. The van der Waals surface area contributed by atoms with Gasteiger partial charge in [-0.2, -0.15) is 0 Å². The number of benzene rings is 3. The summed E-state index contributed by atoms with van der Waals surface area (Å²) in [6, 6.07) is 14.9. The molecule has 0 bridgehead atoms. The minimum absolute atomic E-state index is 0.184. The van der Waals surface area contributed by atoms with Crippen molar-refractivity contribution in [3.63, 3.8) is 0 Å². The van der Waals surface area contributed by atoms with Crippen molar-refractivity contribution >= 4 is 23.5 Å². The Kier molecular flexibility index (Phi) is 7.05. The lowest BCUT2D eigenvalue weighted by atomic mass is 10.0. The van der Waals surface area contributed by atoms with Crippen molar-refractivity contribution in [2.75, 3.05) is 5.73 Å². The van der Waals surface area contributed by atoms with Gasteiger partial charge in [-0.25, -0.2) is 19.0 Å². The number of carbonyl (C=O) groups excluding carboxylic acids is 2. The van der Waals surface area contributed by atoms with E-state index < -0.39 is 29.7 Å². The summed E-state index contributed by atoms with van der Waals surface area (Å²) in [5.74, 6) is -3.79. The van der Waals surface area contributed by atoms with Crippen LogP contribution in [-0.4, -0.2) is 38.5 Å². The molecule has 0 aliphatic carbocycles. The molecule has 0 saturated carbocycles. The van der Waals surface area contributed by atoms with Gasteiger partial charge in [-0.3, -0.25) is 4.79 Å². The fourth-order valence-corrected chi connectivity index (χ4v) is 3.41. The van der Waals surface area contributed by atoms with Gasteiger partial charge in [-0.15, -0.1) is 0 Å². The third-order valence-corrected chi connectivity index (χ3v) is 5.32. The Labute approximate surface area is 205 Å². The summed E-state index contributed by atoms with van der Waals surface area (Å²) in [4.78, 5) is 40.5. The average molecular weight is 488 g/mol. The number of ether oxygens (including phenoxy) is 1. The Balaban J connectivity index is 1.41. The molecule has 10 heteroatoms. The van der Waals surface area contributed by atoms with Crippen LogP contribution in [0.3, 0.4) is 0 Å². The van der Waals surface area contributed by atoms with E-state index in [0.717, 1.165) is 11.8 Å². The molecule has 4 N–H and O–H groups in total. The molecular formula is C26H21FN4O5. The van der Waals surface area contributed by atoms with E-state index in [4.69, 9.17) is 10.5 Å². The second-order valence-corrected chi connectivity index (χ2v) is 7.86. The van der Waals surface area contributed by atoms with Crippen molar-refractivity contribution in [2.24, 2.45) is 0 Å². The van der Waals surface area contributed by atoms with Crippen LogP contribution in [-0.2, 0) is 11.2 Å². The first-order valence-corrected chi connectivity index (χ1v) is 10.8. The second kappa shape index (κ2) is 10.5. The van der Waals surface area contributed by atoms with Gasteiger partial charge >= 0.3 is 11.9 Å². The normalized spacial score (nSPS) is 11.5. The van der Waals surface area contributed by atoms with Crippen molar-refractivity contribution in [3.8, 4) is 11.4 Å². The van der Waals surface area contributed by atoms with Crippen molar-refractivity contribution in [3.05, 3.63) is 108 Å². The van der Waals surface area contributed by atoms with E-state index in [1.807, 2.05) is 0 Å². The van der Waals surface area contributed by atoms with Crippen LogP contribution < -0.4 is 15.8 Å². The summed E-state index contributed by atoms with van der Waals surface area (Å²) >= 11 is 0. The van der Waals surface area contributed by atoms with Gasteiger partial charge in [0, 0.05) is 35.8 Å². The zero-order valence-electron chi connectivity index (χ0n) is 18.8. The minimum Gasteiger partial charge on any atom is -0.480 e. The van der Waals surface area contributed by atoms with Gasteiger partial charge < -0.3 is 25.5 Å². The number of imidazole rings is 1. The predicted octanol–water partition coefficient (Wildman–Crippen LogP) is 3.24. The highest BCUT2D eigenvalue weighted by atomic mass is 19.1. The van der Waals surface area contributed by atoms with Crippen molar-refractivity contribution in [2.45, 2.75) is 12.5 Å². The lowest BCUT2D eigenvalue weighted by molar-refractivity contribution is -0.139. The molecule has 182 valence electrons. The predicted molar refractivity (Wildman–Crippen MR) is 128 cm³/mol. The quantitative estimate of drug-likeness (QED) is 0.197. The van der Waals surface area contributed by atoms with E-state index in [1.54, 1.807) is 47.6 Å². The first-order chi connectivity index (χ1) is 17.3. The highest BCUT2D eigenvalue weighted by Gasteiger charge is 2.22. The van der Waals surface area contributed by atoms with E-state index in [-0.39, 0.29) is 23.3 Å². The Morgan fingerprint density at radius 1 is 1.03 bits per heavy atom. The van der Waals surface area contributed by atoms with E-state index in [2.05, 4.69) is 10.3 Å². The number of nitrogens with two attached hydrogens (primary N) is 1. The molecule has 1 unspecified atom stereocenters. The van der Waals surface area contributed by atoms with Gasteiger partial charge in [0.1, 0.15) is 6.04 Å². The number of carboxylic acid groups (broad SMARTS) is 1. The zero-order chi connectivity index (χ0) is 25.7. The summed E-state index contributed by atoms with van der Waals surface area (Å²) in [6.07, 6.45) is 4.81. The maximum Gasteiger partial charge on any atom is 0.343 e. The molecule has 0 aliphatic rings. The number of halogens is 1.